The van der Waals surface area contributed by atoms with E-state index in [2.05, 4.69) is 252 Å². The molecule has 12 aromatic rings. The van der Waals surface area contributed by atoms with Crippen LogP contribution in [0.5, 0.6) is 0 Å². The van der Waals surface area contributed by atoms with Crippen LogP contribution in [0.25, 0.3) is 92.2 Å². The highest BCUT2D eigenvalue weighted by Gasteiger charge is 2.21. The largest absolute Gasteiger partial charge is 0.310 e. The number of hydrogen-bond donors (Lipinski definition) is 0. The van der Waals surface area contributed by atoms with Crippen LogP contribution in [0.1, 0.15) is 0 Å². The second-order valence-corrected chi connectivity index (χ2v) is 17.2. The normalized spacial score (nSPS) is 11.5. The third-order valence-corrected chi connectivity index (χ3v) is 13.6. The lowest BCUT2D eigenvalue weighted by Crippen LogP contribution is -2.11. The molecule has 0 aliphatic heterocycles. The maximum atomic E-state index is 2.44. The number of rotatable bonds is 8. The lowest BCUT2D eigenvalue weighted by molar-refractivity contribution is 1.18. The van der Waals surface area contributed by atoms with Gasteiger partial charge in [0.25, 0.3) is 0 Å². The van der Waals surface area contributed by atoms with Crippen molar-refractivity contribution in [2.75, 3.05) is 4.90 Å². The van der Waals surface area contributed by atoms with E-state index in [4.69, 9.17) is 0 Å². The number of hydrogen-bond acceptors (Lipinski definition) is 2. The Balaban J connectivity index is 1.02. The first-order valence-corrected chi connectivity index (χ1v) is 22.3. The third-order valence-electron chi connectivity index (χ3n) is 12.4. The van der Waals surface area contributed by atoms with E-state index in [0.29, 0.717) is 0 Å². The van der Waals surface area contributed by atoms with E-state index in [1.54, 1.807) is 0 Å². The van der Waals surface area contributed by atoms with Crippen LogP contribution in [0.4, 0.5) is 17.1 Å². The Morgan fingerprint density at radius 3 is 1.67 bits per heavy atom. The zero-order valence-corrected chi connectivity index (χ0v) is 35.2. The van der Waals surface area contributed by atoms with E-state index >= 15 is 0 Å². The highest BCUT2D eigenvalue weighted by atomic mass is 32.1. The molecular formula is C60H40N2S. The molecule has 10 aromatic carbocycles. The van der Waals surface area contributed by atoms with Crippen LogP contribution in [-0.2, 0) is 0 Å². The van der Waals surface area contributed by atoms with Gasteiger partial charge in [-0.15, -0.1) is 11.3 Å². The summed E-state index contributed by atoms with van der Waals surface area (Å²) < 4.78 is 4.99. The van der Waals surface area contributed by atoms with Crippen molar-refractivity contribution in [2.45, 2.75) is 0 Å². The van der Waals surface area contributed by atoms with E-state index in [1.807, 2.05) is 11.3 Å². The van der Waals surface area contributed by atoms with Crippen LogP contribution in [0, 0.1) is 0 Å². The monoisotopic (exact) mass is 820 g/mol. The van der Waals surface area contributed by atoms with Gasteiger partial charge in [-0.2, -0.15) is 0 Å². The third kappa shape index (κ3) is 6.50. The van der Waals surface area contributed by atoms with Gasteiger partial charge in [-0.05, 0) is 118 Å². The minimum Gasteiger partial charge on any atom is -0.310 e. The van der Waals surface area contributed by atoms with Gasteiger partial charge in [-0.3, -0.25) is 0 Å². The molecule has 0 amide bonds. The Morgan fingerprint density at radius 2 is 0.873 bits per heavy atom. The molecule has 0 saturated heterocycles. The zero-order valence-electron chi connectivity index (χ0n) is 34.4. The molecule has 3 heteroatoms. The molecule has 0 fully saturated rings. The summed E-state index contributed by atoms with van der Waals surface area (Å²) >= 11 is 1.86. The zero-order chi connectivity index (χ0) is 41.7. The van der Waals surface area contributed by atoms with Crippen LogP contribution in [0.15, 0.2) is 243 Å². The van der Waals surface area contributed by atoms with E-state index < -0.39 is 0 Å². The summed E-state index contributed by atoms with van der Waals surface area (Å²) in [5, 5.41) is 5.09. The molecule has 0 aliphatic rings. The summed E-state index contributed by atoms with van der Waals surface area (Å²) in [4.78, 5) is 2.44. The molecule has 2 aromatic heterocycles. The average Bonchev–Trinajstić information content (AvgIpc) is 3.90. The molecule has 0 radical (unpaired) electrons. The van der Waals surface area contributed by atoms with Crippen LogP contribution in [-0.4, -0.2) is 4.57 Å². The number of benzene rings is 10. The van der Waals surface area contributed by atoms with Crippen LogP contribution >= 0.6 is 11.3 Å². The maximum absolute atomic E-state index is 2.44. The second kappa shape index (κ2) is 15.5. The molecule has 0 aliphatic carbocycles. The van der Waals surface area contributed by atoms with Crippen molar-refractivity contribution in [3.63, 3.8) is 0 Å². The van der Waals surface area contributed by atoms with Crippen molar-refractivity contribution in [3.05, 3.63) is 243 Å². The van der Waals surface area contributed by atoms with Gasteiger partial charge in [0.15, 0.2) is 0 Å². The summed E-state index contributed by atoms with van der Waals surface area (Å²) in [5.41, 5.74) is 16.3. The van der Waals surface area contributed by atoms with E-state index in [1.165, 1.54) is 86.5 Å². The fourth-order valence-electron chi connectivity index (χ4n) is 9.44. The van der Waals surface area contributed by atoms with Gasteiger partial charge in [-0.25, -0.2) is 0 Å². The Hall–Kier alpha value is -7.98. The predicted octanol–water partition coefficient (Wildman–Crippen LogP) is 17.3. The molecule has 2 nitrogen and oxygen atoms in total. The molecule has 0 spiro atoms. The molecule has 2 heterocycles. The van der Waals surface area contributed by atoms with Gasteiger partial charge in [0, 0.05) is 53.6 Å². The Morgan fingerprint density at radius 1 is 0.302 bits per heavy atom. The summed E-state index contributed by atoms with van der Waals surface area (Å²) in [6.45, 7) is 0. The standard InChI is InChI=1S/C60H40N2S/c1-4-16-42(17-5-1)49-35-34-48(40-53(49)43-18-6-2-7-19-43)61(56-25-13-10-22-50(56)45-31-37-60-55(39-45)52-24-12-15-27-59(52)63-60)47-32-28-41(29-33-47)44-30-36-58-54(38-44)51-23-11-14-26-57(51)62(58)46-20-8-3-9-21-46/h1-40H. The topological polar surface area (TPSA) is 8.17 Å². The van der Waals surface area contributed by atoms with Crippen molar-refractivity contribution in [3.8, 4) is 50.2 Å². The minimum absolute atomic E-state index is 1.08. The number of aromatic nitrogens is 1. The average molecular weight is 821 g/mol. The van der Waals surface area contributed by atoms with Gasteiger partial charge in [0.1, 0.15) is 0 Å². The lowest BCUT2D eigenvalue weighted by Gasteiger charge is -2.29. The maximum Gasteiger partial charge on any atom is 0.0541 e. The Kier molecular flexibility index (Phi) is 9.06. The fourth-order valence-corrected chi connectivity index (χ4v) is 10.5. The first kappa shape index (κ1) is 36.8. The van der Waals surface area contributed by atoms with Crippen molar-refractivity contribution >= 4 is 70.4 Å². The number of thiophene rings is 1. The van der Waals surface area contributed by atoms with Crippen LogP contribution in [0.2, 0.25) is 0 Å². The molecule has 0 atom stereocenters. The van der Waals surface area contributed by atoms with Crippen molar-refractivity contribution in [2.24, 2.45) is 0 Å². The highest BCUT2D eigenvalue weighted by Crippen LogP contribution is 2.46. The number of nitrogens with zero attached hydrogens (tertiary/aromatic N) is 2. The van der Waals surface area contributed by atoms with Gasteiger partial charge in [0.2, 0.25) is 0 Å². The summed E-state index contributed by atoms with van der Waals surface area (Å²) in [6, 6.07) is 88.4. The minimum atomic E-state index is 1.08. The van der Waals surface area contributed by atoms with E-state index in [9.17, 15) is 0 Å². The smallest absolute Gasteiger partial charge is 0.0541 e. The van der Waals surface area contributed by atoms with Gasteiger partial charge >= 0.3 is 0 Å². The second-order valence-electron chi connectivity index (χ2n) is 16.1. The Labute approximate surface area is 370 Å². The summed E-state index contributed by atoms with van der Waals surface area (Å²) in [6.07, 6.45) is 0. The number of anilines is 3. The number of para-hydroxylation sites is 3. The van der Waals surface area contributed by atoms with Crippen LogP contribution in [0.3, 0.4) is 0 Å². The SMILES string of the molecule is c1ccc(-c2ccc(N(c3ccc(-c4ccc5c(c4)c4ccccc4n5-c4ccccc4)cc3)c3ccccc3-c3ccc4sc5ccccc5c4c3)cc2-c2ccccc2)cc1. The predicted molar refractivity (Wildman–Crippen MR) is 270 cm³/mol. The lowest BCUT2D eigenvalue weighted by atomic mass is 9.93. The molecular weight excluding hydrogens is 781 g/mol. The van der Waals surface area contributed by atoms with Gasteiger partial charge in [0.05, 0.1) is 16.7 Å². The van der Waals surface area contributed by atoms with Gasteiger partial charge in [-0.1, -0.05) is 164 Å². The highest BCUT2D eigenvalue weighted by molar-refractivity contribution is 7.25. The quantitative estimate of drug-likeness (QED) is 0.148. The van der Waals surface area contributed by atoms with Crippen LogP contribution < -0.4 is 4.90 Å². The summed E-state index contributed by atoms with van der Waals surface area (Å²) in [5.74, 6) is 0. The number of fused-ring (bicyclic) bond motifs is 6. The molecule has 12 rings (SSSR count). The van der Waals surface area contributed by atoms with Crippen molar-refractivity contribution in [1.29, 1.82) is 0 Å². The van der Waals surface area contributed by atoms with Crippen molar-refractivity contribution in [1.82, 2.24) is 4.57 Å². The fraction of sp³-hybridized carbons (Fsp3) is 0. The molecule has 0 unspecified atom stereocenters. The molecule has 296 valence electrons. The van der Waals surface area contributed by atoms with E-state index in [0.717, 1.165) is 22.7 Å². The molecule has 63 heavy (non-hydrogen) atoms. The van der Waals surface area contributed by atoms with E-state index in [-0.39, 0.29) is 0 Å². The summed E-state index contributed by atoms with van der Waals surface area (Å²) in [7, 11) is 0. The van der Waals surface area contributed by atoms with Gasteiger partial charge < -0.3 is 9.47 Å². The first-order valence-electron chi connectivity index (χ1n) is 21.5. The van der Waals surface area contributed by atoms with Crippen molar-refractivity contribution < 1.29 is 0 Å². The molecule has 0 saturated carbocycles. The molecule has 0 N–H and O–H groups in total. The molecule has 0 bridgehead atoms. The Bertz CT molecular complexity index is 3600. The first-order chi connectivity index (χ1) is 31.2.